The monoisotopic (exact) mass is 337 g/mol. The molecule has 1 aromatic carbocycles. The van der Waals surface area contributed by atoms with Crippen LogP contribution in [-0.4, -0.2) is 41.9 Å². The van der Waals surface area contributed by atoms with E-state index < -0.39 is 15.8 Å². The van der Waals surface area contributed by atoms with Crippen LogP contribution in [0.5, 0.6) is 5.88 Å². The molecule has 23 heavy (non-hydrogen) atoms. The van der Waals surface area contributed by atoms with Crippen LogP contribution in [0.3, 0.4) is 0 Å². The largest absolute Gasteiger partial charge is 0.472 e. The molecular weight excluding hydrogens is 321 g/mol. The minimum absolute atomic E-state index is 0.172. The van der Waals surface area contributed by atoms with Crippen molar-refractivity contribution in [1.29, 1.82) is 0 Å². The van der Waals surface area contributed by atoms with E-state index in [1.54, 1.807) is 6.07 Å². The molecule has 1 unspecified atom stereocenters. The number of benzene rings is 1. The van der Waals surface area contributed by atoms with E-state index in [4.69, 9.17) is 4.74 Å². The first-order valence-electron chi connectivity index (χ1n) is 7.18. The van der Waals surface area contributed by atoms with Crippen LogP contribution in [-0.2, 0) is 15.8 Å². The van der Waals surface area contributed by atoms with E-state index in [1.165, 1.54) is 41.1 Å². The van der Waals surface area contributed by atoms with Crippen molar-refractivity contribution in [2.24, 2.45) is 0 Å². The summed E-state index contributed by atoms with van der Waals surface area (Å²) in [4.78, 5) is 7.91. The van der Waals surface area contributed by atoms with Gasteiger partial charge in [0.25, 0.3) is 0 Å². The number of halogens is 1. The van der Waals surface area contributed by atoms with Crippen molar-refractivity contribution in [3.8, 4) is 5.88 Å². The zero-order valence-corrected chi connectivity index (χ0v) is 13.1. The SMILES string of the molecule is O=S(=O)(Cc1ccccc1F)N1CCC(Oc2cnccn2)C1. The molecule has 2 aromatic rings. The number of aromatic nitrogens is 2. The zero-order chi connectivity index (χ0) is 16.3. The molecular formula is C15H16FN3O3S. The molecule has 0 bridgehead atoms. The Morgan fingerprint density at radius 3 is 2.87 bits per heavy atom. The Morgan fingerprint density at radius 2 is 2.13 bits per heavy atom. The van der Waals surface area contributed by atoms with Gasteiger partial charge in [-0.05, 0) is 12.5 Å². The van der Waals surface area contributed by atoms with Crippen LogP contribution < -0.4 is 4.74 Å². The van der Waals surface area contributed by atoms with Crippen LogP contribution in [0.1, 0.15) is 12.0 Å². The molecule has 6 nitrogen and oxygen atoms in total. The van der Waals surface area contributed by atoms with Crippen molar-refractivity contribution < 1.29 is 17.5 Å². The topological polar surface area (TPSA) is 72.4 Å². The van der Waals surface area contributed by atoms with Crippen LogP contribution >= 0.6 is 0 Å². The summed E-state index contributed by atoms with van der Waals surface area (Å²) in [5, 5.41) is 0. The van der Waals surface area contributed by atoms with Gasteiger partial charge in [-0.25, -0.2) is 17.8 Å². The first-order chi connectivity index (χ1) is 11.0. The Kier molecular flexibility index (Phi) is 4.53. The van der Waals surface area contributed by atoms with Gasteiger partial charge < -0.3 is 4.74 Å². The van der Waals surface area contributed by atoms with Crippen LogP contribution in [0, 0.1) is 5.82 Å². The molecule has 1 aliphatic rings. The molecule has 1 aromatic heterocycles. The second-order valence-corrected chi connectivity index (χ2v) is 7.25. The molecule has 0 saturated carbocycles. The Hall–Kier alpha value is -2.06. The molecule has 8 heteroatoms. The second kappa shape index (κ2) is 6.59. The molecule has 2 heterocycles. The molecule has 1 atom stereocenters. The van der Waals surface area contributed by atoms with Gasteiger partial charge in [-0.1, -0.05) is 18.2 Å². The fourth-order valence-corrected chi connectivity index (χ4v) is 4.05. The van der Waals surface area contributed by atoms with Crippen molar-refractivity contribution in [2.75, 3.05) is 13.1 Å². The zero-order valence-electron chi connectivity index (χ0n) is 12.3. The van der Waals surface area contributed by atoms with E-state index in [-0.39, 0.29) is 24.0 Å². The number of sulfonamides is 1. The molecule has 0 aliphatic carbocycles. The van der Waals surface area contributed by atoms with Crippen molar-refractivity contribution in [3.63, 3.8) is 0 Å². The van der Waals surface area contributed by atoms with Crippen LogP contribution in [0.15, 0.2) is 42.9 Å². The Bertz CT molecular complexity index is 771. The van der Waals surface area contributed by atoms with Gasteiger partial charge in [-0.2, -0.15) is 4.31 Å². The summed E-state index contributed by atoms with van der Waals surface area (Å²) < 4.78 is 45.5. The number of hydrogen-bond acceptors (Lipinski definition) is 5. The Morgan fingerprint density at radius 1 is 1.30 bits per heavy atom. The number of hydrogen-bond donors (Lipinski definition) is 0. The second-order valence-electron chi connectivity index (χ2n) is 5.28. The molecule has 1 fully saturated rings. The minimum Gasteiger partial charge on any atom is -0.472 e. The fraction of sp³-hybridized carbons (Fsp3) is 0.333. The third kappa shape index (κ3) is 3.83. The summed E-state index contributed by atoms with van der Waals surface area (Å²) in [5.74, 6) is -0.495. The van der Waals surface area contributed by atoms with Gasteiger partial charge in [-0.3, -0.25) is 4.98 Å². The van der Waals surface area contributed by atoms with Crippen molar-refractivity contribution in [1.82, 2.24) is 14.3 Å². The summed E-state index contributed by atoms with van der Waals surface area (Å²) in [6.07, 6.45) is 4.81. The van der Waals surface area contributed by atoms with Gasteiger partial charge in [0, 0.05) is 24.5 Å². The number of rotatable bonds is 5. The first kappa shape index (κ1) is 15.8. The van der Waals surface area contributed by atoms with Gasteiger partial charge in [0.15, 0.2) is 0 Å². The highest BCUT2D eigenvalue weighted by Crippen LogP contribution is 2.21. The maximum atomic E-state index is 13.6. The van der Waals surface area contributed by atoms with Gasteiger partial charge in [-0.15, -0.1) is 0 Å². The normalized spacial score (nSPS) is 18.9. The average molecular weight is 337 g/mol. The average Bonchev–Trinajstić information content (AvgIpc) is 3.00. The maximum Gasteiger partial charge on any atom is 0.232 e. The lowest BCUT2D eigenvalue weighted by Gasteiger charge is -2.17. The van der Waals surface area contributed by atoms with Gasteiger partial charge in [0.2, 0.25) is 15.9 Å². The summed E-state index contributed by atoms with van der Waals surface area (Å²) in [6, 6.07) is 5.90. The summed E-state index contributed by atoms with van der Waals surface area (Å²) in [7, 11) is -3.58. The van der Waals surface area contributed by atoms with Gasteiger partial charge >= 0.3 is 0 Å². The highest BCUT2D eigenvalue weighted by molar-refractivity contribution is 7.88. The van der Waals surface area contributed by atoms with E-state index in [2.05, 4.69) is 9.97 Å². The summed E-state index contributed by atoms with van der Waals surface area (Å²) in [5.41, 5.74) is 0.172. The molecule has 1 aliphatic heterocycles. The lowest BCUT2D eigenvalue weighted by molar-refractivity contribution is 0.206. The van der Waals surface area contributed by atoms with Gasteiger partial charge in [0.1, 0.15) is 11.9 Å². The number of ether oxygens (including phenoxy) is 1. The van der Waals surface area contributed by atoms with Crippen LogP contribution in [0.25, 0.3) is 0 Å². The van der Waals surface area contributed by atoms with E-state index in [0.29, 0.717) is 18.8 Å². The third-order valence-electron chi connectivity index (χ3n) is 3.62. The third-order valence-corrected chi connectivity index (χ3v) is 5.42. The molecule has 1 saturated heterocycles. The molecule has 0 spiro atoms. The molecule has 122 valence electrons. The van der Waals surface area contributed by atoms with Crippen molar-refractivity contribution >= 4 is 10.0 Å². The van der Waals surface area contributed by atoms with Crippen molar-refractivity contribution in [2.45, 2.75) is 18.3 Å². The smallest absolute Gasteiger partial charge is 0.232 e. The van der Waals surface area contributed by atoms with E-state index in [1.807, 2.05) is 0 Å². The lowest BCUT2D eigenvalue weighted by Crippen LogP contribution is -2.32. The summed E-state index contributed by atoms with van der Waals surface area (Å²) in [6.45, 7) is 0.578. The molecule has 3 rings (SSSR count). The van der Waals surface area contributed by atoms with E-state index in [0.717, 1.165) is 0 Å². The molecule has 0 amide bonds. The minimum atomic E-state index is -3.58. The molecule has 0 N–H and O–H groups in total. The quantitative estimate of drug-likeness (QED) is 0.829. The lowest BCUT2D eigenvalue weighted by atomic mass is 10.2. The number of nitrogens with zero attached hydrogens (tertiary/aromatic N) is 3. The first-order valence-corrected chi connectivity index (χ1v) is 8.79. The highest BCUT2D eigenvalue weighted by atomic mass is 32.2. The van der Waals surface area contributed by atoms with Crippen molar-refractivity contribution in [3.05, 3.63) is 54.2 Å². The summed E-state index contributed by atoms with van der Waals surface area (Å²) >= 11 is 0. The highest BCUT2D eigenvalue weighted by Gasteiger charge is 2.33. The van der Waals surface area contributed by atoms with Crippen LogP contribution in [0.4, 0.5) is 4.39 Å². The van der Waals surface area contributed by atoms with E-state index >= 15 is 0 Å². The van der Waals surface area contributed by atoms with Crippen LogP contribution in [0.2, 0.25) is 0 Å². The Balaban J connectivity index is 1.65. The van der Waals surface area contributed by atoms with Gasteiger partial charge in [0.05, 0.1) is 18.5 Å². The fourth-order valence-electron chi connectivity index (χ4n) is 2.47. The molecule has 0 radical (unpaired) electrons. The maximum absolute atomic E-state index is 13.6. The standard InChI is InChI=1S/C15H16FN3O3S/c16-14-4-2-1-3-12(14)11-23(20,21)19-8-5-13(10-19)22-15-9-17-6-7-18-15/h1-4,6-7,9,13H,5,8,10-11H2. The Labute approximate surface area is 134 Å². The predicted octanol–water partition coefficient (Wildman–Crippen LogP) is 1.60. The van der Waals surface area contributed by atoms with E-state index in [9.17, 15) is 12.8 Å². The predicted molar refractivity (Wildman–Crippen MR) is 81.7 cm³/mol.